The summed E-state index contributed by atoms with van der Waals surface area (Å²) in [4.78, 5) is 5.13. The fourth-order valence-corrected chi connectivity index (χ4v) is 2.54. The van der Waals surface area contributed by atoms with Gasteiger partial charge in [0.25, 0.3) is 0 Å². The molecule has 122 valence electrons. The minimum atomic E-state index is 0. The topological polar surface area (TPSA) is 18.5 Å². The SMILES string of the molecule is CC(C)N(CCN1CCNCC1)Cc1ccccc1.Cl.Cl. The van der Waals surface area contributed by atoms with Crippen molar-refractivity contribution in [3.8, 4) is 0 Å². The highest BCUT2D eigenvalue weighted by Crippen LogP contribution is 2.08. The Kier molecular flexibility index (Phi) is 11.1. The van der Waals surface area contributed by atoms with Crippen LogP contribution in [0.2, 0.25) is 0 Å². The van der Waals surface area contributed by atoms with Crippen LogP contribution in [-0.4, -0.2) is 55.1 Å². The molecule has 1 aromatic rings. The van der Waals surface area contributed by atoms with Crippen LogP contribution in [0.4, 0.5) is 0 Å². The molecular formula is C16H29Cl2N3. The molecule has 0 spiro atoms. The summed E-state index contributed by atoms with van der Waals surface area (Å²) in [5.41, 5.74) is 1.41. The lowest BCUT2D eigenvalue weighted by molar-refractivity contribution is 0.159. The number of benzene rings is 1. The molecule has 0 aromatic heterocycles. The molecule has 3 nitrogen and oxygen atoms in total. The first-order valence-electron chi connectivity index (χ1n) is 7.47. The van der Waals surface area contributed by atoms with E-state index in [-0.39, 0.29) is 24.8 Å². The minimum absolute atomic E-state index is 0. The predicted molar refractivity (Wildman–Crippen MR) is 95.8 cm³/mol. The Morgan fingerprint density at radius 3 is 2.29 bits per heavy atom. The van der Waals surface area contributed by atoms with Crippen LogP contribution in [-0.2, 0) is 6.54 Å². The van der Waals surface area contributed by atoms with E-state index in [4.69, 9.17) is 0 Å². The molecule has 1 aliphatic rings. The van der Waals surface area contributed by atoms with E-state index in [1.54, 1.807) is 0 Å². The molecule has 1 N–H and O–H groups in total. The second-order valence-corrected chi connectivity index (χ2v) is 5.64. The largest absolute Gasteiger partial charge is 0.314 e. The van der Waals surface area contributed by atoms with E-state index < -0.39 is 0 Å². The average molecular weight is 334 g/mol. The molecular weight excluding hydrogens is 305 g/mol. The van der Waals surface area contributed by atoms with Gasteiger partial charge in [0, 0.05) is 51.9 Å². The van der Waals surface area contributed by atoms with Crippen LogP contribution in [0.1, 0.15) is 19.4 Å². The zero-order valence-electron chi connectivity index (χ0n) is 13.1. The predicted octanol–water partition coefficient (Wildman–Crippen LogP) is 2.65. The van der Waals surface area contributed by atoms with Gasteiger partial charge in [-0.2, -0.15) is 0 Å². The third kappa shape index (κ3) is 7.48. The molecule has 1 saturated heterocycles. The summed E-state index contributed by atoms with van der Waals surface area (Å²) in [5, 5.41) is 3.41. The molecule has 0 unspecified atom stereocenters. The van der Waals surface area contributed by atoms with Crippen LogP contribution in [0, 0.1) is 0 Å². The van der Waals surface area contributed by atoms with Gasteiger partial charge in [0.2, 0.25) is 0 Å². The molecule has 5 heteroatoms. The zero-order valence-corrected chi connectivity index (χ0v) is 14.8. The number of nitrogens with zero attached hydrogens (tertiary/aromatic N) is 2. The second kappa shape index (κ2) is 11.3. The third-order valence-corrected chi connectivity index (χ3v) is 3.87. The molecule has 0 bridgehead atoms. The highest BCUT2D eigenvalue weighted by Gasteiger charge is 2.14. The first-order chi connectivity index (χ1) is 9.25. The van der Waals surface area contributed by atoms with Crippen LogP contribution in [0.3, 0.4) is 0 Å². The molecule has 1 heterocycles. The van der Waals surface area contributed by atoms with E-state index >= 15 is 0 Å². The lowest BCUT2D eigenvalue weighted by Gasteiger charge is -2.32. The first kappa shape index (κ1) is 20.7. The number of hydrogen-bond donors (Lipinski definition) is 1. The maximum absolute atomic E-state index is 3.41. The van der Waals surface area contributed by atoms with Crippen LogP contribution in [0.15, 0.2) is 30.3 Å². The Bertz CT molecular complexity index is 354. The van der Waals surface area contributed by atoms with Crippen LogP contribution in [0.5, 0.6) is 0 Å². The van der Waals surface area contributed by atoms with Crippen molar-refractivity contribution in [2.45, 2.75) is 26.4 Å². The molecule has 1 aliphatic heterocycles. The fraction of sp³-hybridized carbons (Fsp3) is 0.625. The number of piperazine rings is 1. The van der Waals surface area contributed by atoms with Crippen molar-refractivity contribution in [2.24, 2.45) is 0 Å². The lowest BCUT2D eigenvalue weighted by Crippen LogP contribution is -2.47. The van der Waals surface area contributed by atoms with Gasteiger partial charge in [0.15, 0.2) is 0 Å². The Hall–Kier alpha value is -0.320. The summed E-state index contributed by atoms with van der Waals surface area (Å²) in [6.45, 7) is 12.7. The van der Waals surface area contributed by atoms with Crippen LogP contribution in [0.25, 0.3) is 0 Å². The van der Waals surface area contributed by atoms with Crippen molar-refractivity contribution in [3.05, 3.63) is 35.9 Å². The van der Waals surface area contributed by atoms with Crippen LogP contribution < -0.4 is 5.32 Å². The average Bonchev–Trinajstić information content (AvgIpc) is 2.45. The molecule has 21 heavy (non-hydrogen) atoms. The quantitative estimate of drug-likeness (QED) is 0.863. The lowest BCUT2D eigenvalue weighted by atomic mass is 10.2. The molecule has 0 atom stereocenters. The van der Waals surface area contributed by atoms with Crippen molar-refractivity contribution in [1.82, 2.24) is 15.1 Å². The van der Waals surface area contributed by atoms with E-state index in [0.717, 1.165) is 26.2 Å². The molecule has 0 amide bonds. The summed E-state index contributed by atoms with van der Waals surface area (Å²) in [5.74, 6) is 0. The fourth-order valence-electron chi connectivity index (χ4n) is 2.54. The molecule has 1 fully saturated rings. The van der Waals surface area contributed by atoms with Crippen molar-refractivity contribution in [3.63, 3.8) is 0 Å². The van der Waals surface area contributed by atoms with Crippen molar-refractivity contribution in [2.75, 3.05) is 39.3 Å². The third-order valence-electron chi connectivity index (χ3n) is 3.87. The monoisotopic (exact) mass is 333 g/mol. The summed E-state index contributed by atoms with van der Waals surface area (Å²) >= 11 is 0. The Morgan fingerprint density at radius 1 is 1.10 bits per heavy atom. The van der Waals surface area contributed by atoms with Gasteiger partial charge in [-0.15, -0.1) is 24.8 Å². The van der Waals surface area contributed by atoms with Gasteiger partial charge in [-0.1, -0.05) is 30.3 Å². The number of hydrogen-bond acceptors (Lipinski definition) is 3. The van der Waals surface area contributed by atoms with Gasteiger partial charge >= 0.3 is 0 Å². The Labute approximate surface area is 141 Å². The minimum Gasteiger partial charge on any atom is -0.314 e. The Balaban J connectivity index is 0.00000200. The molecule has 2 rings (SSSR count). The standard InChI is InChI=1S/C16H27N3.2ClH/c1-15(2)19(14-16-6-4-3-5-7-16)13-12-18-10-8-17-9-11-18;;/h3-7,15,17H,8-14H2,1-2H3;2*1H. The van der Waals surface area contributed by atoms with Gasteiger partial charge in [0.1, 0.15) is 0 Å². The van der Waals surface area contributed by atoms with Crippen molar-refractivity contribution in [1.29, 1.82) is 0 Å². The zero-order chi connectivity index (χ0) is 13.5. The van der Waals surface area contributed by atoms with Crippen molar-refractivity contribution >= 4 is 24.8 Å². The first-order valence-corrected chi connectivity index (χ1v) is 7.47. The molecule has 0 radical (unpaired) electrons. The van der Waals surface area contributed by atoms with Gasteiger partial charge in [0.05, 0.1) is 0 Å². The highest BCUT2D eigenvalue weighted by molar-refractivity contribution is 5.85. The highest BCUT2D eigenvalue weighted by atomic mass is 35.5. The smallest absolute Gasteiger partial charge is 0.0236 e. The summed E-state index contributed by atoms with van der Waals surface area (Å²) in [6.07, 6.45) is 0. The number of nitrogens with one attached hydrogen (secondary N) is 1. The molecule has 0 aliphatic carbocycles. The van der Waals surface area contributed by atoms with Gasteiger partial charge in [-0.3, -0.25) is 9.80 Å². The van der Waals surface area contributed by atoms with Gasteiger partial charge < -0.3 is 5.32 Å². The summed E-state index contributed by atoms with van der Waals surface area (Å²) < 4.78 is 0. The molecule has 0 saturated carbocycles. The molecule has 1 aromatic carbocycles. The van der Waals surface area contributed by atoms with Gasteiger partial charge in [-0.25, -0.2) is 0 Å². The Morgan fingerprint density at radius 2 is 1.71 bits per heavy atom. The van der Waals surface area contributed by atoms with E-state index in [1.165, 1.54) is 25.2 Å². The number of halogens is 2. The second-order valence-electron chi connectivity index (χ2n) is 5.64. The van der Waals surface area contributed by atoms with E-state index in [0.29, 0.717) is 6.04 Å². The summed E-state index contributed by atoms with van der Waals surface area (Å²) in [7, 11) is 0. The van der Waals surface area contributed by atoms with E-state index in [1.807, 2.05) is 0 Å². The van der Waals surface area contributed by atoms with E-state index in [9.17, 15) is 0 Å². The maximum Gasteiger partial charge on any atom is 0.0236 e. The van der Waals surface area contributed by atoms with E-state index in [2.05, 4.69) is 59.3 Å². The summed E-state index contributed by atoms with van der Waals surface area (Å²) in [6, 6.07) is 11.4. The number of rotatable bonds is 6. The van der Waals surface area contributed by atoms with Crippen molar-refractivity contribution < 1.29 is 0 Å². The normalized spacial score (nSPS) is 15.6. The maximum atomic E-state index is 3.41. The van der Waals surface area contributed by atoms with Crippen LogP contribution >= 0.6 is 24.8 Å². The van der Waals surface area contributed by atoms with Gasteiger partial charge in [-0.05, 0) is 19.4 Å².